The summed E-state index contributed by atoms with van der Waals surface area (Å²) in [4.78, 5) is 4.12. The highest BCUT2D eigenvalue weighted by Gasteiger charge is 2.15. The number of ether oxygens (including phenoxy) is 1. The van der Waals surface area contributed by atoms with E-state index in [1.807, 2.05) is 31.2 Å². The standard InChI is InChI=1S/C17H21ClN2O/c1-11(2)14-8-16(12(3)7-15(14)18)21-17(9-19)13-5-4-6-20-10-13/h4-8,10-11,17H,9,19H2,1-3H3. The van der Waals surface area contributed by atoms with E-state index in [2.05, 4.69) is 18.8 Å². The second-order valence-corrected chi connectivity index (χ2v) is 5.83. The molecule has 4 heteroatoms. The van der Waals surface area contributed by atoms with Crippen molar-refractivity contribution in [2.75, 3.05) is 6.54 Å². The molecule has 0 saturated heterocycles. The lowest BCUT2D eigenvalue weighted by Gasteiger charge is -2.21. The predicted octanol–water partition coefficient (Wildman–Crippen LogP) is 4.25. The van der Waals surface area contributed by atoms with E-state index < -0.39 is 0 Å². The number of nitrogens with two attached hydrogens (primary N) is 1. The van der Waals surface area contributed by atoms with Crippen molar-refractivity contribution in [1.29, 1.82) is 0 Å². The van der Waals surface area contributed by atoms with Gasteiger partial charge in [0, 0.05) is 29.5 Å². The van der Waals surface area contributed by atoms with Crippen molar-refractivity contribution in [3.05, 3.63) is 58.4 Å². The number of hydrogen-bond acceptors (Lipinski definition) is 3. The number of pyridine rings is 1. The van der Waals surface area contributed by atoms with E-state index in [-0.39, 0.29) is 6.10 Å². The lowest BCUT2D eigenvalue weighted by atomic mass is 10.0. The maximum absolute atomic E-state index is 6.29. The molecule has 0 saturated carbocycles. The highest BCUT2D eigenvalue weighted by Crippen LogP contribution is 2.33. The lowest BCUT2D eigenvalue weighted by molar-refractivity contribution is 0.212. The lowest BCUT2D eigenvalue weighted by Crippen LogP contribution is -2.19. The fraction of sp³-hybridized carbons (Fsp3) is 0.353. The Morgan fingerprint density at radius 3 is 2.67 bits per heavy atom. The molecule has 2 rings (SSSR count). The van der Waals surface area contributed by atoms with Gasteiger partial charge < -0.3 is 10.5 Å². The van der Waals surface area contributed by atoms with Gasteiger partial charge in [0.15, 0.2) is 0 Å². The van der Waals surface area contributed by atoms with E-state index in [1.165, 1.54) is 0 Å². The molecule has 0 aliphatic heterocycles. The number of benzene rings is 1. The molecule has 1 aromatic heterocycles. The van der Waals surface area contributed by atoms with E-state index in [0.717, 1.165) is 27.5 Å². The minimum absolute atomic E-state index is 0.210. The number of aromatic nitrogens is 1. The van der Waals surface area contributed by atoms with E-state index in [4.69, 9.17) is 22.1 Å². The Balaban J connectivity index is 2.31. The molecule has 0 aliphatic carbocycles. The van der Waals surface area contributed by atoms with Gasteiger partial charge in [-0.25, -0.2) is 0 Å². The summed E-state index contributed by atoms with van der Waals surface area (Å²) in [6.07, 6.45) is 3.31. The van der Waals surface area contributed by atoms with Gasteiger partial charge in [0.05, 0.1) is 0 Å². The summed E-state index contributed by atoms with van der Waals surface area (Å²) in [5.41, 5.74) is 8.91. The molecule has 3 nitrogen and oxygen atoms in total. The Kier molecular flexibility index (Phi) is 5.21. The summed E-state index contributed by atoms with van der Waals surface area (Å²) in [6, 6.07) is 7.82. The van der Waals surface area contributed by atoms with Gasteiger partial charge >= 0.3 is 0 Å². The SMILES string of the molecule is Cc1cc(Cl)c(C(C)C)cc1OC(CN)c1cccnc1. The Bertz CT molecular complexity index is 599. The van der Waals surface area contributed by atoms with Crippen molar-refractivity contribution in [2.45, 2.75) is 32.8 Å². The van der Waals surface area contributed by atoms with Gasteiger partial charge in [-0.2, -0.15) is 0 Å². The third-order valence-corrected chi connectivity index (χ3v) is 3.78. The third-order valence-electron chi connectivity index (χ3n) is 3.46. The van der Waals surface area contributed by atoms with Crippen LogP contribution in [0, 0.1) is 6.92 Å². The smallest absolute Gasteiger partial charge is 0.137 e. The largest absolute Gasteiger partial charge is 0.484 e. The molecule has 1 heterocycles. The molecular weight excluding hydrogens is 284 g/mol. The molecule has 1 atom stereocenters. The van der Waals surface area contributed by atoms with E-state index >= 15 is 0 Å². The fourth-order valence-electron chi connectivity index (χ4n) is 2.21. The van der Waals surface area contributed by atoms with Crippen molar-refractivity contribution in [3.63, 3.8) is 0 Å². The third kappa shape index (κ3) is 3.74. The highest BCUT2D eigenvalue weighted by atomic mass is 35.5. The summed E-state index contributed by atoms with van der Waals surface area (Å²) < 4.78 is 6.10. The second-order valence-electron chi connectivity index (χ2n) is 5.42. The monoisotopic (exact) mass is 304 g/mol. The average molecular weight is 305 g/mol. The molecular formula is C17H21ClN2O. The van der Waals surface area contributed by atoms with Crippen molar-refractivity contribution < 1.29 is 4.74 Å². The second kappa shape index (κ2) is 6.92. The predicted molar refractivity (Wildman–Crippen MR) is 86.9 cm³/mol. The Hall–Kier alpha value is -1.58. The first-order chi connectivity index (χ1) is 10.0. The normalized spacial score (nSPS) is 12.5. The van der Waals surface area contributed by atoms with Gasteiger partial charge in [-0.15, -0.1) is 0 Å². The van der Waals surface area contributed by atoms with Crippen LogP contribution < -0.4 is 10.5 Å². The number of rotatable bonds is 5. The van der Waals surface area contributed by atoms with Crippen molar-refractivity contribution in [3.8, 4) is 5.75 Å². The molecule has 1 aromatic carbocycles. The van der Waals surface area contributed by atoms with Crippen LogP contribution in [0.2, 0.25) is 5.02 Å². The number of hydrogen-bond donors (Lipinski definition) is 1. The molecule has 2 N–H and O–H groups in total. The Morgan fingerprint density at radius 2 is 2.10 bits per heavy atom. The van der Waals surface area contributed by atoms with Gasteiger partial charge in [-0.1, -0.05) is 31.5 Å². The average Bonchev–Trinajstić information content (AvgIpc) is 2.47. The van der Waals surface area contributed by atoms with Crippen LogP contribution in [-0.2, 0) is 0 Å². The molecule has 0 radical (unpaired) electrons. The topological polar surface area (TPSA) is 48.1 Å². The minimum Gasteiger partial charge on any atom is -0.484 e. The number of aryl methyl sites for hydroxylation is 1. The fourth-order valence-corrected chi connectivity index (χ4v) is 2.65. The number of halogens is 1. The molecule has 0 bridgehead atoms. The zero-order valence-electron chi connectivity index (χ0n) is 12.6. The van der Waals surface area contributed by atoms with Crippen LogP contribution >= 0.6 is 11.6 Å². The molecule has 2 aromatic rings. The molecule has 112 valence electrons. The van der Waals surface area contributed by atoms with Crippen LogP contribution in [0.1, 0.15) is 42.6 Å². The first-order valence-corrected chi connectivity index (χ1v) is 7.47. The van der Waals surface area contributed by atoms with Crippen LogP contribution in [0.4, 0.5) is 0 Å². The van der Waals surface area contributed by atoms with Crippen LogP contribution in [-0.4, -0.2) is 11.5 Å². The molecule has 21 heavy (non-hydrogen) atoms. The number of nitrogens with zero attached hydrogens (tertiary/aromatic N) is 1. The van der Waals surface area contributed by atoms with Crippen molar-refractivity contribution >= 4 is 11.6 Å². The minimum atomic E-state index is -0.210. The molecule has 0 amide bonds. The first-order valence-electron chi connectivity index (χ1n) is 7.09. The summed E-state index contributed by atoms with van der Waals surface area (Å²) in [6.45, 7) is 6.61. The molecule has 0 spiro atoms. The Labute approximate surface area is 131 Å². The Morgan fingerprint density at radius 1 is 1.33 bits per heavy atom. The molecule has 1 unspecified atom stereocenters. The first kappa shape index (κ1) is 15.8. The van der Waals surface area contributed by atoms with Gasteiger partial charge in [0.25, 0.3) is 0 Å². The zero-order valence-corrected chi connectivity index (χ0v) is 13.4. The summed E-state index contributed by atoms with van der Waals surface area (Å²) in [7, 11) is 0. The van der Waals surface area contributed by atoms with Crippen LogP contribution in [0.5, 0.6) is 5.75 Å². The highest BCUT2D eigenvalue weighted by molar-refractivity contribution is 6.31. The van der Waals surface area contributed by atoms with Gasteiger partial charge in [-0.3, -0.25) is 4.98 Å². The zero-order chi connectivity index (χ0) is 15.4. The molecule has 0 fully saturated rings. The van der Waals surface area contributed by atoms with Crippen LogP contribution in [0.25, 0.3) is 0 Å². The van der Waals surface area contributed by atoms with Gasteiger partial charge in [0.2, 0.25) is 0 Å². The van der Waals surface area contributed by atoms with Gasteiger partial charge in [-0.05, 0) is 42.2 Å². The van der Waals surface area contributed by atoms with Crippen molar-refractivity contribution in [1.82, 2.24) is 4.98 Å². The summed E-state index contributed by atoms with van der Waals surface area (Å²) in [5, 5.41) is 0.778. The molecule has 0 aliphatic rings. The van der Waals surface area contributed by atoms with E-state index in [9.17, 15) is 0 Å². The van der Waals surface area contributed by atoms with Gasteiger partial charge in [0.1, 0.15) is 11.9 Å². The van der Waals surface area contributed by atoms with E-state index in [1.54, 1.807) is 12.4 Å². The van der Waals surface area contributed by atoms with Crippen LogP contribution in [0.3, 0.4) is 0 Å². The summed E-state index contributed by atoms with van der Waals surface area (Å²) >= 11 is 6.29. The maximum atomic E-state index is 6.29. The maximum Gasteiger partial charge on any atom is 0.137 e. The quantitative estimate of drug-likeness (QED) is 0.898. The summed E-state index contributed by atoms with van der Waals surface area (Å²) in [5.74, 6) is 1.16. The van der Waals surface area contributed by atoms with E-state index in [0.29, 0.717) is 12.5 Å². The van der Waals surface area contributed by atoms with Crippen LogP contribution in [0.15, 0.2) is 36.7 Å². The van der Waals surface area contributed by atoms with Crippen molar-refractivity contribution in [2.24, 2.45) is 5.73 Å².